The minimum absolute atomic E-state index is 0.0333. The van der Waals surface area contributed by atoms with Crippen LogP contribution in [-0.2, 0) is 6.54 Å². The van der Waals surface area contributed by atoms with Gasteiger partial charge < -0.3 is 4.90 Å². The molecule has 136 valence electrons. The van der Waals surface area contributed by atoms with Gasteiger partial charge in [0.15, 0.2) is 5.69 Å². The van der Waals surface area contributed by atoms with E-state index in [0.717, 1.165) is 42.9 Å². The van der Waals surface area contributed by atoms with Crippen LogP contribution < -0.4 is 0 Å². The van der Waals surface area contributed by atoms with Crippen LogP contribution in [0.5, 0.6) is 0 Å². The van der Waals surface area contributed by atoms with Gasteiger partial charge in [0.2, 0.25) is 0 Å². The van der Waals surface area contributed by atoms with Crippen LogP contribution >= 0.6 is 11.3 Å². The van der Waals surface area contributed by atoms with Crippen LogP contribution in [-0.4, -0.2) is 43.4 Å². The smallest absolute Gasteiger partial charge is 0.274 e. The molecule has 1 atom stereocenters. The zero-order chi connectivity index (χ0) is 17.9. The van der Waals surface area contributed by atoms with Crippen LogP contribution in [0, 0.1) is 6.92 Å². The molecular formula is C19H23N5OS. The molecule has 26 heavy (non-hydrogen) atoms. The third-order valence-electron chi connectivity index (χ3n) is 4.94. The molecule has 0 aliphatic carbocycles. The number of likely N-dealkylation sites (tertiary alicyclic amines) is 1. The summed E-state index contributed by atoms with van der Waals surface area (Å²) >= 11 is 1.70. The molecule has 1 aliphatic heterocycles. The zero-order valence-corrected chi connectivity index (χ0v) is 15.7. The summed E-state index contributed by atoms with van der Waals surface area (Å²) in [7, 11) is 0. The summed E-state index contributed by atoms with van der Waals surface area (Å²) in [6.45, 7) is 3.72. The normalized spacial score (nSPS) is 17.6. The lowest BCUT2D eigenvalue weighted by Gasteiger charge is -2.35. The molecule has 7 heteroatoms. The molecule has 0 spiro atoms. The van der Waals surface area contributed by atoms with Gasteiger partial charge in [-0.05, 0) is 56.9 Å². The number of aromatic nitrogens is 4. The van der Waals surface area contributed by atoms with Gasteiger partial charge in [-0.15, -0.1) is 11.3 Å². The number of aryl methyl sites for hydroxylation is 2. The van der Waals surface area contributed by atoms with Crippen molar-refractivity contribution in [2.24, 2.45) is 0 Å². The summed E-state index contributed by atoms with van der Waals surface area (Å²) in [6, 6.07) is 8.21. The molecule has 1 fully saturated rings. The minimum atomic E-state index is 0.0333. The second kappa shape index (κ2) is 7.45. The fraction of sp³-hybridized carbons (Fsp3) is 0.421. The molecule has 1 amide bonds. The Morgan fingerprint density at radius 3 is 3.08 bits per heavy atom. The molecule has 4 heterocycles. The Balaban J connectivity index is 1.47. The maximum absolute atomic E-state index is 13.0. The van der Waals surface area contributed by atoms with Crippen molar-refractivity contribution in [2.45, 2.75) is 45.2 Å². The molecule has 1 saturated heterocycles. The van der Waals surface area contributed by atoms with Crippen LogP contribution in [0.4, 0.5) is 0 Å². The third kappa shape index (κ3) is 3.58. The van der Waals surface area contributed by atoms with Crippen LogP contribution in [0.25, 0.3) is 10.6 Å². The van der Waals surface area contributed by atoms with E-state index in [2.05, 4.69) is 34.4 Å². The highest BCUT2D eigenvalue weighted by Crippen LogP contribution is 2.28. The SMILES string of the molecule is Cc1ccc(-c2cc(C(=O)N3CCCCC3CCn3cccn3)n[nH]2)s1. The van der Waals surface area contributed by atoms with E-state index in [1.165, 1.54) is 11.3 Å². The first-order valence-corrected chi connectivity index (χ1v) is 9.93. The van der Waals surface area contributed by atoms with Gasteiger partial charge >= 0.3 is 0 Å². The molecule has 1 aliphatic rings. The largest absolute Gasteiger partial charge is 0.334 e. The van der Waals surface area contributed by atoms with Gasteiger partial charge in [0.1, 0.15) is 0 Å². The number of hydrogen-bond donors (Lipinski definition) is 1. The average Bonchev–Trinajstić information content (AvgIpc) is 3.41. The predicted molar refractivity (Wildman–Crippen MR) is 102 cm³/mol. The highest BCUT2D eigenvalue weighted by molar-refractivity contribution is 7.15. The Labute approximate surface area is 156 Å². The monoisotopic (exact) mass is 369 g/mol. The highest BCUT2D eigenvalue weighted by atomic mass is 32.1. The number of rotatable bonds is 5. The third-order valence-corrected chi connectivity index (χ3v) is 5.98. The standard InChI is InChI=1S/C19H23N5OS/c1-14-6-7-18(26-14)16-13-17(22-21-16)19(25)24-11-3-2-5-15(24)8-12-23-10-4-9-20-23/h4,6-7,9-10,13,15H,2-3,5,8,11-12H2,1H3,(H,21,22). The van der Waals surface area contributed by atoms with E-state index < -0.39 is 0 Å². The van der Waals surface area contributed by atoms with Crippen molar-refractivity contribution in [3.63, 3.8) is 0 Å². The Kier molecular flexibility index (Phi) is 4.88. The van der Waals surface area contributed by atoms with E-state index >= 15 is 0 Å². The van der Waals surface area contributed by atoms with Gasteiger partial charge in [0, 0.05) is 36.4 Å². The number of amides is 1. The van der Waals surface area contributed by atoms with E-state index in [1.54, 1.807) is 17.5 Å². The lowest BCUT2D eigenvalue weighted by Crippen LogP contribution is -2.44. The number of H-pyrrole nitrogens is 1. The van der Waals surface area contributed by atoms with Crippen LogP contribution in [0.1, 0.15) is 41.0 Å². The first-order chi connectivity index (χ1) is 12.7. The maximum Gasteiger partial charge on any atom is 0.274 e. The quantitative estimate of drug-likeness (QED) is 0.745. The van der Waals surface area contributed by atoms with Crippen LogP contribution in [0.2, 0.25) is 0 Å². The average molecular weight is 369 g/mol. The molecule has 4 rings (SSSR count). The first kappa shape index (κ1) is 17.0. The van der Waals surface area contributed by atoms with Gasteiger partial charge in [0.25, 0.3) is 5.91 Å². The molecule has 1 unspecified atom stereocenters. The summed E-state index contributed by atoms with van der Waals surface area (Å²) in [5.74, 6) is 0.0333. The summed E-state index contributed by atoms with van der Waals surface area (Å²) < 4.78 is 1.93. The van der Waals surface area contributed by atoms with Crippen molar-refractivity contribution in [1.82, 2.24) is 24.9 Å². The molecule has 0 radical (unpaired) electrons. The first-order valence-electron chi connectivity index (χ1n) is 9.11. The molecule has 0 saturated carbocycles. The van der Waals surface area contributed by atoms with Crippen molar-refractivity contribution in [3.8, 4) is 10.6 Å². The van der Waals surface area contributed by atoms with Crippen molar-refractivity contribution >= 4 is 17.2 Å². The van der Waals surface area contributed by atoms with Gasteiger partial charge in [-0.25, -0.2) is 0 Å². The van der Waals surface area contributed by atoms with Crippen molar-refractivity contribution in [1.29, 1.82) is 0 Å². The van der Waals surface area contributed by atoms with E-state index in [9.17, 15) is 4.79 Å². The molecule has 6 nitrogen and oxygen atoms in total. The molecule has 0 aromatic carbocycles. The van der Waals surface area contributed by atoms with Crippen LogP contribution in [0.15, 0.2) is 36.7 Å². The van der Waals surface area contributed by atoms with E-state index in [4.69, 9.17) is 0 Å². The highest BCUT2D eigenvalue weighted by Gasteiger charge is 2.28. The number of nitrogens with one attached hydrogen (secondary N) is 1. The number of piperidine rings is 1. The van der Waals surface area contributed by atoms with Crippen molar-refractivity contribution < 1.29 is 4.79 Å². The molecular weight excluding hydrogens is 346 g/mol. The minimum Gasteiger partial charge on any atom is -0.334 e. The second-order valence-electron chi connectivity index (χ2n) is 6.78. The van der Waals surface area contributed by atoms with Gasteiger partial charge in [-0.2, -0.15) is 10.2 Å². The van der Waals surface area contributed by atoms with Crippen molar-refractivity contribution in [3.05, 3.63) is 47.2 Å². The summed E-state index contributed by atoms with van der Waals surface area (Å²) in [5, 5.41) is 11.6. The van der Waals surface area contributed by atoms with Gasteiger partial charge in [0.05, 0.1) is 10.6 Å². The fourth-order valence-corrected chi connectivity index (χ4v) is 4.40. The number of carbonyl (C=O) groups excluding carboxylic acids is 1. The molecule has 0 bridgehead atoms. The van der Waals surface area contributed by atoms with Gasteiger partial charge in [-0.3, -0.25) is 14.6 Å². The lowest BCUT2D eigenvalue weighted by atomic mass is 9.99. The lowest BCUT2D eigenvalue weighted by molar-refractivity contribution is 0.0588. The Morgan fingerprint density at radius 2 is 2.31 bits per heavy atom. The number of carbonyl (C=O) groups is 1. The molecule has 1 N–H and O–H groups in total. The topological polar surface area (TPSA) is 66.8 Å². The number of thiophene rings is 1. The number of aromatic amines is 1. The Morgan fingerprint density at radius 1 is 1.38 bits per heavy atom. The number of hydrogen-bond acceptors (Lipinski definition) is 4. The maximum atomic E-state index is 13.0. The van der Waals surface area contributed by atoms with E-state index in [0.29, 0.717) is 5.69 Å². The molecule has 3 aromatic rings. The fourth-order valence-electron chi connectivity index (χ4n) is 3.57. The second-order valence-corrected chi connectivity index (χ2v) is 8.07. The summed E-state index contributed by atoms with van der Waals surface area (Å²) in [5.41, 5.74) is 1.42. The number of nitrogens with zero attached hydrogens (tertiary/aromatic N) is 4. The van der Waals surface area contributed by atoms with E-state index in [1.807, 2.05) is 27.9 Å². The van der Waals surface area contributed by atoms with Crippen molar-refractivity contribution in [2.75, 3.05) is 6.54 Å². The zero-order valence-electron chi connectivity index (χ0n) is 14.9. The Hall–Kier alpha value is -2.41. The summed E-state index contributed by atoms with van der Waals surface area (Å²) in [4.78, 5) is 17.4. The van der Waals surface area contributed by atoms with Gasteiger partial charge in [-0.1, -0.05) is 0 Å². The Bertz CT molecular complexity index is 866. The van der Waals surface area contributed by atoms with E-state index in [-0.39, 0.29) is 11.9 Å². The predicted octanol–water partition coefficient (Wildman–Crippen LogP) is 3.73. The summed E-state index contributed by atoms with van der Waals surface area (Å²) in [6.07, 6.45) is 7.97. The van der Waals surface area contributed by atoms with Crippen LogP contribution in [0.3, 0.4) is 0 Å². The molecule has 3 aromatic heterocycles.